The highest BCUT2D eigenvalue weighted by atomic mass is 14.3. The molecule has 0 aromatic heterocycles. The third kappa shape index (κ3) is 3.56. The maximum Gasteiger partial charge on any atom is -0.0118 e. The topological polar surface area (TPSA) is 0 Å². The molecule has 2 aromatic carbocycles. The van der Waals surface area contributed by atoms with E-state index in [1.165, 1.54) is 67.2 Å². The molecule has 1 fully saturated rings. The van der Waals surface area contributed by atoms with Crippen molar-refractivity contribution in [3.8, 4) is 0 Å². The maximum absolute atomic E-state index is 3.97. The average molecular weight is 343 g/mol. The first-order valence-electron chi connectivity index (χ1n) is 10.2. The van der Waals surface area contributed by atoms with Crippen LogP contribution in [0.5, 0.6) is 0 Å². The molecule has 0 nitrogen and oxygen atoms in total. The van der Waals surface area contributed by atoms with Crippen LogP contribution in [0.3, 0.4) is 0 Å². The summed E-state index contributed by atoms with van der Waals surface area (Å²) >= 11 is 0. The van der Waals surface area contributed by atoms with E-state index in [1.807, 2.05) is 6.08 Å². The molecule has 0 bridgehead atoms. The Bertz CT molecular complexity index is 772. The second kappa shape index (κ2) is 7.66. The molecule has 1 unspecified atom stereocenters. The molecule has 0 radical (unpaired) electrons. The minimum atomic E-state index is 0.669. The largest absolute Gasteiger partial charge is 0.103 e. The number of rotatable bonds is 4. The fourth-order valence-corrected chi connectivity index (χ4v) is 4.92. The lowest BCUT2D eigenvalue weighted by Gasteiger charge is -2.28. The predicted molar refractivity (Wildman–Crippen MR) is 113 cm³/mol. The first-order valence-corrected chi connectivity index (χ1v) is 10.2. The van der Waals surface area contributed by atoms with Crippen LogP contribution in [0.4, 0.5) is 0 Å². The summed E-state index contributed by atoms with van der Waals surface area (Å²) in [4.78, 5) is 0. The van der Waals surface area contributed by atoms with Crippen LogP contribution in [0, 0.1) is 5.92 Å². The standard InChI is InChI=1S/C26H30/c1-3-19-5-8-21(9-6-19)22-11-13-23(14-12-22)25-16-15-24-17-20(4-2)7-10-26(24)18-25/h3-4,7,10-14,17,19,21,25H,1-2,5-6,8-9,15-16,18H2. The van der Waals surface area contributed by atoms with Crippen LogP contribution >= 0.6 is 0 Å². The monoisotopic (exact) mass is 342 g/mol. The van der Waals surface area contributed by atoms with Crippen molar-refractivity contribution < 1.29 is 0 Å². The number of hydrogen-bond acceptors (Lipinski definition) is 0. The summed E-state index contributed by atoms with van der Waals surface area (Å²) in [5.74, 6) is 2.17. The third-order valence-electron chi connectivity index (χ3n) is 6.68. The quantitative estimate of drug-likeness (QED) is 0.522. The normalized spacial score (nSPS) is 25.3. The van der Waals surface area contributed by atoms with E-state index >= 15 is 0 Å². The van der Waals surface area contributed by atoms with Gasteiger partial charge < -0.3 is 0 Å². The Morgan fingerprint density at radius 1 is 0.731 bits per heavy atom. The second-order valence-electron chi connectivity index (χ2n) is 8.19. The smallest absolute Gasteiger partial charge is 0.0118 e. The van der Waals surface area contributed by atoms with E-state index in [1.54, 1.807) is 5.56 Å². The van der Waals surface area contributed by atoms with Gasteiger partial charge >= 0.3 is 0 Å². The predicted octanol–water partition coefficient (Wildman–Crippen LogP) is 7.06. The minimum absolute atomic E-state index is 0.669. The Balaban J connectivity index is 1.44. The van der Waals surface area contributed by atoms with Gasteiger partial charge in [-0.2, -0.15) is 0 Å². The molecule has 0 heterocycles. The van der Waals surface area contributed by atoms with Crippen LogP contribution in [0.25, 0.3) is 6.08 Å². The third-order valence-corrected chi connectivity index (χ3v) is 6.68. The zero-order valence-electron chi connectivity index (χ0n) is 15.8. The van der Waals surface area contributed by atoms with Gasteiger partial charge in [-0.3, -0.25) is 0 Å². The van der Waals surface area contributed by atoms with Gasteiger partial charge in [-0.25, -0.2) is 0 Å². The zero-order valence-corrected chi connectivity index (χ0v) is 15.8. The van der Waals surface area contributed by atoms with Crippen molar-refractivity contribution in [2.45, 2.75) is 56.8 Å². The van der Waals surface area contributed by atoms with E-state index in [0.29, 0.717) is 5.92 Å². The summed E-state index contributed by atoms with van der Waals surface area (Å²) in [6, 6.07) is 16.5. The molecule has 1 saturated carbocycles. The van der Waals surface area contributed by atoms with Gasteiger partial charge in [0.1, 0.15) is 0 Å². The van der Waals surface area contributed by atoms with E-state index in [0.717, 1.165) is 11.8 Å². The molecular formula is C26H30. The van der Waals surface area contributed by atoms with Gasteiger partial charge in [-0.05, 0) is 90.5 Å². The van der Waals surface area contributed by atoms with Crippen LogP contribution in [0.15, 0.2) is 61.7 Å². The van der Waals surface area contributed by atoms with E-state index in [-0.39, 0.29) is 0 Å². The molecule has 134 valence electrons. The number of hydrogen-bond donors (Lipinski definition) is 0. The van der Waals surface area contributed by atoms with Crippen LogP contribution in [0.1, 0.15) is 71.8 Å². The maximum atomic E-state index is 3.97. The van der Waals surface area contributed by atoms with Crippen LogP contribution in [-0.2, 0) is 12.8 Å². The zero-order chi connectivity index (χ0) is 17.9. The first kappa shape index (κ1) is 17.3. The molecule has 1 atom stereocenters. The van der Waals surface area contributed by atoms with Gasteiger partial charge in [0.25, 0.3) is 0 Å². The highest BCUT2D eigenvalue weighted by Gasteiger charge is 2.22. The van der Waals surface area contributed by atoms with Crippen molar-refractivity contribution in [3.63, 3.8) is 0 Å². The Morgan fingerprint density at radius 2 is 1.42 bits per heavy atom. The summed E-state index contributed by atoms with van der Waals surface area (Å²) in [6.07, 6.45) is 13.0. The average Bonchev–Trinajstić information content (AvgIpc) is 2.73. The van der Waals surface area contributed by atoms with Gasteiger partial charge in [0, 0.05) is 0 Å². The fraction of sp³-hybridized carbons (Fsp3) is 0.385. The van der Waals surface area contributed by atoms with Gasteiger partial charge in [0.2, 0.25) is 0 Å². The van der Waals surface area contributed by atoms with Gasteiger partial charge in [-0.15, -0.1) is 6.58 Å². The van der Waals surface area contributed by atoms with Crippen molar-refractivity contribution in [2.75, 3.05) is 0 Å². The highest BCUT2D eigenvalue weighted by molar-refractivity contribution is 5.51. The summed E-state index contributed by atoms with van der Waals surface area (Å²) in [6.45, 7) is 7.86. The van der Waals surface area contributed by atoms with E-state index in [4.69, 9.17) is 0 Å². The molecule has 0 heteroatoms. The Labute approximate surface area is 158 Å². The van der Waals surface area contributed by atoms with Gasteiger partial charge in [-0.1, -0.05) is 61.2 Å². The summed E-state index contributed by atoms with van der Waals surface area (Å²) in [5, 5.41) is 0. The molecule has 0 saturated heterocycles. The lowest BCUT2D eigenvalue weighted by molar-refractivity contribution is 0.376. The Hall–Kier alpha value is -2.08. The molecule has 0 spiro atoms. The molecule has 2 aliphatic carbocycles. The molecular weight excluding hydrogens is 312 g/mol. The number of fused-ring (bicyclic) bond motifs is 1. The number of benzene rings is 2. The summed E-state index contributed by atoms with van der Waals surface area (Å²) in [5.41, 5.74) is 7.36. The summed E-state index contributed by atoms with van der Waals surface area (Å²) < 4.78 is 0. The van der Waals surface area contributed by atoms with Crippen molar-refractivity contribution in [2.24, 2.45) is 5.92 Å². The first-order chi connectivity index (χ1) is 12.8. The fourth-order valence-electron chi connectivity index (χ4n) is 4.92. The number of aryl methyl sites for hydroxylation is 1. The highest BCUT2D eigenvalue weighted by Crippen LogP contribution is 2.38. The Kier molecular flexibility index (Phi) is 5.11. The molecule has 2 aliphatic rings. The lowest BCUT2D eigenvalue weighted by atomic mass is 9.77. The molecule has 0 aliphatic heterocycles. The molecule has 0 N–H and O–H groups in total. The Morgan fingerprint density at radius 3 is 2.08 bits per heavy atom. The number of allylic oxidation sites excluding steroid dienone is 1. The van der Waals surface area contributed by atoms with Crippen molar-refractivity contribution >= 4 is 6.08 Å². The summed E-state index contributed by atoms with van der Waals surface area (Å²) in [7, 11) is 0. The van der Waals surface area contributed by atoms with Crippen LogP contribution in [0.2, 0.25) is 0 Å². The minimum Gasteiger partial charge on any atom is -0.103 e. The molecule has 26 heavy (non-hydrogen) atoms. The van der Waals surface area contributed by atoms with Crippen LogP contribution < -0.4 is 0 Å². The van der Waals surface area contributed by atoms with Crippen molar-refractivity contribution in [1.82, 2.24) is 0 Å². The van der Waals surface area contributed by atoms with Gasteiger partial charge in [0.15, 0.2) is 0 Å². The van der Waals surface area contributed by atoms with Crippen molar-refractivity contribution in [1.29, 1.82) is 0 Å². The molecule has 2 aromatic rings. The molecule has 4 rings (SSSR count). The van der Waals surface area contributed by atoms with Gasteiger partial charge in [0.05, 0.1) is 0 Å². The second-order valence-corrected chi connectivity index (χ2v) is 8.19. The van der Waals surface area contributed by atoms with E-state index in [2.05, 4.69) is 61.7 Å². The van der Waals surface area contributed by atoms with E-state index in [9.17, 15) is 0 Å². The van der Waals surface area contributed by atoms with Crippen molar-refractivity contribution in [3.05, 3.63) is 89.5 Å². The SMILES string of the molecule is C=Cc1ccc2c(c1)CCC(c1ccc(C3CCC(C=C)CC3)cc1)C2. The van der Waals surface area contributed by atoms with Crippen LogP contribution in [-0.4, -0.2) is 0 Å². The van der Waals surface area contributed by atoms with E-state index < -0.39 is 0 Å². The molecule has 0 amide bonds. The lowest BCUT2D eigenvalue weighted by Crippen LogP contribution is -2.14.